The van der Waals surface area contributed by atoms with E-state index in [4.69, 9.17) is 23.8 Å². The van der Waals surface area contributed by atoms with Crippen LogP contribution in [0.5, 0.6) is 0 Å². The molecule has 0 aliphatic carbocycles. The molecule has 4 rings (SSSR count). The maximum atomic E-state index is 12.2. The van der Waals surface area contributed by atoms with Gasteiger partial charge in [0.1, 0.15) is 0 Å². The number of aromatic nitrogens is 2. The minimum atomic E-state index is -0.138. The van der Waals surface area contributed by atoms with Crippen LogP contribution in [0.2, 0.25) is 5.02 Å². The number of nitrogens with one attached hydrogen (secondary N) is 2. The number of benzene rings is 1. The third-order valence-corrected chi connectivity index (χ3v) is 6.57. The molecule has 1 saturated heterocycles. The predicted octanol–water partition coefficient (Wildman–Crippen LogP) is 6.06. The van der Waals surface area contributed by atoms with Gasteiger partial charge in [0.2, 0.25) is 5.91 Å². The van der Waals surface area contributed by atoms with Crippen LogP contribution in [0.4, 0.5) is 11.4 Å². The highest BCUT2D eigenvalue weighted by Gasteiger charge is 2.41. The summed E-state index contributed by atoms with van der Waals surface area (Å²) in [6.07, 6.45) is 6.06. The number of amides is 1. The van der Waals surface area contributed by atoms with E-state index in [1.807, 2.05) is 50.2 Å². The molecule has 178 valence electrons. The lowest BCUT2D eigenvalue weighted by molar-refractivity contribution is -0.118. The molecule has 1 fully saturated rings. The van der Waals surface area contributed by atoms with Gasteiger partial charge in [0.15, 0.2) is 5.11 Å². The maximum Gasteiger partial charge on any atom is 0.226 e. The molecule has 2 N–H and O–H groups in total. The van der Waals surface area contributed by atoms with E-state index in [9.17, 15) is 4.79 Å². The van der Waals surface area contributed by atoms with E-state index < -0.39 is 0 Å². The van der Waals surface area contributed by atoms with E-state index >= 15 is 0 Å². The number of carbonyl (C=O) groups is 1. The Morgan fingerprint density at radius 2 is 1.97 bits per heavy atom. The van der Waals surface area contributed by atoms with Crippen LogP contribution in [0, 0.1) is 5.92 Å². The average molecular weight is 496 g/mol. The largest absolute Gasteiger partial charge is 0.351 e. The molecule has 3 aromatic rings. The van der Waals surface area contributed by atoms with E-state index in [1.54, 1.807) is 6.20 Å². The van der Waals surface area contributed by atoms with Crippen LogP contribution < -0.4 is 15.5 Å². The number of thiocarbonyl (C=S) groups is 1. The molecule has 0 bridgehead atoms. The van der Waals surface area contributed by atoms with Crippen molar-refractivity contribution in [3.8, 4) is 0 Å². The van der Waals surface area contributed by atoms with E-state index in [0.29, 0.717) is 15.8 Å². The van der Waals surface area contributed by atoms with Gasteiger partial charge >= 0.3 is 0 Å². The number of hydrogen-bond donors (Lipinski definition) is 2. The lowest BCUT2D eigenvalue weighted by Gasteiger charge is -2.28. The Morgan fingerprint density at radius 3 is 2.56 bits per heavy atom. The van der Waals surface area contributed by atoms with Gasteiger partial charge < -0.3 is 20.1 Å². The summed E-state index contributed by atoms with van der Waals surface area (Å²) >= 11 is 12.4. The van der Waals surface area contributed by atoms with Crippen LogP contribution in [-0.4, -0.2) is 20.6 Å². The summed E-state index contributed by atoms with van der Waals surface area (Å²) in [6.45, 7) is 10.2. The summed E-state index contributed by atoms with van der Waals surface area (Å²) in [6, 6.07) is 13.4. The molecule has 0 spiro atoms. The first-order valence-corrected chi connectivity index (χ1v) is 12.1. The van der Waals surface area contributed by atoms with Gasteiger partial charge in [-0.25, -0.2) is 0 Å². The monoisotopic (exact) mass is 495 g/mol. The van der Waals surface area contributed by atoms with Crippen molar-refractivity contribution in [3.63, 3.8) is 0 Å². The Morgan fingerprint density at radius 1 is 1.21 bits per heavy atom. The standard InChI is InChI=1S/C26H30ClN5OS/c1-16(2)24(33)29-20-10-9-18(14-19(20)27)32-23(17-11-13-31(15-17)26(3,4)5)22(30-25(32)34)21-8-6-7-12-28-21/h6-16,22-23H,1-5H3,(H,29,33)(H,30,34)/t22-,23+/m0/s1. The average Bonchev–Trinajstić information content (AvgIpc) is 3.40. The first kappa shape index (κ1) is 24.2. The molecule has 8 heteroatoms. The molecule has 1 aliphatic rings. The van der Waals surface area contributed by atoms with Gasteiger partial charge in [0.25, 0.3) is 0 Å². The smallest absolute Gasteiger partial charge is 0.226 e. The van der Waals surface area contributed by atoms with Gasteiger partial charge in [-0.3, -0.25) is 9.78 Å². The van der Waals surface area contributed by atoms with Crippen molar-refractivity contribution in [2.24, 2.45) is 5.92 Å². The number of anilines is 2. The van der Waals surface area contributed by atoms with E-state index in [-0.39, 0.29) is 29.4 Å². The summed E-state index contributed by atoms with van der Waals surface area (Å²) in [5.41, 5.74) is 3.41. The molecule has 1 amide bonds. The molecule has 0 unspecified atom stereocenters. The number of pyridine rings is 1. The lowest BCUT2D eigenvalue weighted by Crippen LogP contribution is -2.29. The van der Waals surface area contributed by atoms with Crippen molar-refractivity contribution in [1.29, 1.82) is 0 Å². The van der Waals surface area contributed by atoms with Crippen LogP contribution in [0.3, 0.4) is 0 Å². The molecule has 34 heavy (non-hydrogen) atoms. The van der Waals surface area contributed by atoms with Gasteiger partial charge in [0.05, 0.1) is 28.5 Å². The zero-order valence-electron chi connectivity index (χ0n) is 20.0. The van der Waals surface area contributed by atoms with Gasteiger partial charge in [-0.1, -0.05) is 31.5 Å². The zero-order chi connectivity index (χ0) is 24.6. The van der Waals surface area contributed by atoms with Crippen molar-refractivity contribution in [2.75, 3.05) is 10.2 Å². The molecule has 2 aromatic heterocycles. The van der Waals surface area contributed by atoms with Gasteiger partial charge in [-0.05, 0) is 75.0 Å². The molecular formula is C26H30ClN5OS. The second-order valence-electron chi connectivity index (χ2n) is 9.83. The first-order chi connectivity index (χ1) is 16.1. The van der Waals surface area contributed by atoms with Gasteiger partial charge in [0, 0.05) is 35.7 Å². The maximum absolute atomic E-state index is 12.2. The Labute approximate surface area is 211 Å². The Balaban J connectivity index is 1.75. The fourth-order valence-electron chi connectivity index (χ4n) is 4.01. The van der Waals surface area contributed by atoms with Crippen molar-refractivity contribution in [3.05, 3.63) is 77.3 Å². The van der Waals surface area contributed by atoms with Crippen molar-refractivity contribution in [1.82, 2.24) is 14.9 Å². The quantitative estimate of drug-likeness (QED) is 0.421. The first-order valence-electron chi connectivity index (χ1n) is 11.4. The lowest BCUT2D eigenvalue weighted by atomic mass is 9.98. The number of carbonyl (C=O) groups excluding carboxylic acids is 1. The summed E-state index contributed by atoms with van der Waals surface area (Å²) in [5, 5.41) is 7.41. The molecule has 6 nitrogen and oxygen atoms in total. The summed E-state index contributed by atoms with van der Waals surface area (Å²) < 4.78 is 2.20. The fraction of sp³-hybridized carbons (Fsp3) is 0.346. The van der Waals surface area contributed by atoms with E-state index in [1.165, 1.54) is 0 Å². The fourth-order valence-corrected chi connectivity index (χ4v) is 4.58. The molecule has 0 saturated carbocycles. The highest BCUT2D eigenvalue weighted by atomic mass is 35.5. The van der Waals surface area contributed by atoms with Gasteiger partial charge in [-0.15, -0.1) is 0 Å². The highest BCUT2D eigenvalue weighted by molar-refractivity contribution is 7.80. The summed E-state index contributed by atoms with van der Waals surface area (Å²) in [7, 11) is 0. The molecule has 3 heterocycles. The van der Waals surface area contributed by atoms with Crippen LogP contribution in [0.15, 0.2) is 61.1 Å². The third kappa shape index (κ3) is 4.81. The number of hydrogen-bond acceptors (Lipinski definition) is 3. The zero-order valence-corrected chi connectivity index (χ0v) is 21.6. The number of rotatable bonds is 5. The van der Waals surface area contributed by atoms with Crippen LogP contribution >= 0.6 is 23.8 Å². The molecule has 0 radical (unpaired) electrons. The Kier molecular flexibility index (Phi) is 6.69. The minimum absolute atomic E-state index is 0.0459. The summed E-state index contributed by atoms with van der Waals surface area (Å²) in [4.78, 5) is 18.8. The number of nitrogens with zero attached hydrogens (tertiary/aromatic N) is 3. The van der Waals surface area contributed by atoms with Crippen molar-refractivity contribution >= 4 is 46.2 Å². The Hall–Kier alpha value is -2.90. The minimum Gasteiger partial charge on any atom is -0.351 e. The molecule has 2 atom stereocenters. The van der Waals surface area contributed by atoms with Crippen molar-refractivity contribution in [2.45, 2.75) is 52.2 Å². The van der Waals surface area contributed by atoms with E-state index in [0.717, 1.165) is 16.9 Å². The molecule has 1 aliphatic heterocycles. The second kappa shape index (κ2) is 9.39. The topological polar surface area (TPSA) is 62.2 Å². The SMILES string of the molecule is CC(C)C(=O)Nc1ccc(N2C(=S)N[C@@H](c3ccccn3)[C@H]2c2ccn(C(C)(C)C)c2)cc1Cl. The third-order valence-electron chi connectivity index (χ3n) is 5.94. The normalized spacial score (nSPS) is 18.3. The Bertz CT molecular complexity index is 1200. The second-order valence-corrected chi connectivity index (χ2v) is 10.6. The molecule has 1 aromatic carbocycles. The summed E-state index contributed by atoms with van der Waals surface area (Å²) in [5.74, 6) is -0.217. The van der Waals surface area contributed by atoms with E-state index in [2.05, 4.69) is 64.3 Å². The van der Waals surface area contributed by atoms with Crippen LogP contribution in [-0.2, 0) is 10.3 Å². The molecular weight excluding hydrogens is 466 g/mol. The van der Waals surface area contributed by atoms with Gasteiger partial charge in [-0.2, -0.15) is 0 Å². The van der Waals surface area contributed by atoms with Crippen LogP contribution in [0.25, 0.3) is 0 Å². The highest BCUT2D eigenvalue weighted by Crippen LogP contribution is 2.43. The van der Waals surface area contributed by atoms with Crippen LogP contribution in [0.1, 0.15) is 58.0 Å². The predicted molar refractivity (Wildman–Crippen MR) is 142 cm³/mol. The number of halogens is 1. The van der Waals surface area contributed by atoms with Crippen molar-refractivity contribution < 1.29 is 4.79 Å².